The lowest BCUT2D eigenvalue weighted by atomic mass is 10.1. The van der Waals surface area contributed by atoms with E-state index in [0.717, 1.165) is 31.6 Å². The molecule has 0 radical (unpaired) electrons. The normalized spacial score (nSPS) is 24.8. The molecular formula is C7H14N2O. The number of hydrogen-bond donors (Lipinski definition) is 2. The van der Waals surface area contributed by atoms with Gasteiger partial charge in [0.1, 0.15) is 6.23 Å². The lowest BCUT2D eigenvalue weighted by molar-refractivity contribution is 0.0183. The van der Waals surface area contributed by atoms with E-state index in [1.54, 1.807) is 6.92 Å². The van der Waals surface area contributed by atoms with Gasteiger partial charge in [-0.2, -0.15) is 0 Å². The minimum absolute atomic E-state index is 0.340. The third-order valence-corrected chi connectivity index (χ3v) is 1.93. The van der Waals surface area contributed by atoms with E-state index in [0.29, 0.717) is 0 Å². The second-order valence-corrected chi connectivity index (χ2v) is 2.77. The molecule has 1 atom stereocenters. The van der Waals surface area contributed by atoms with Crippen LogP contribution in [0.2, 0.25) is 0 Å². The average Bonchev–Trinajstić information content (AvgIpc) is 1.88. The lowest BCUT2D eigenvalue weighted by Gasteiger charge is -2.29. The Kier molecular flexibility index (Phi) is 2.40. The van der Waals surface area contributed by atoms with E-state index in [2.05, 4.69) is 0 Å². The summed E-state index contributed by atoms with van der Waals surface area (Å²) in [5, 5.41) is 16.4. The van der Waals surface area contributed by atoms with Crippen molar-refractivity contribution in [2.45, 2.75) is 26.0 Å². The molecule has 1 saturated heterocycles. The monoisotopic (exact) mass is 142 g/mol. The van der Waals surface area contributed by atoms with Crippen LogP contribution in [0.1, 0.15) is 19.8 Å². The van der Waals surface area contributed by atoms with Gasteiger partial charge in [0.15, 0.2) is 0 Å². The maximum absolute atomic E-state index is 9.12. The first-order valence-corrected chi connectivity index (χ1v) is 3.68. The number of likely N-dealkylation sites (tertiary alicyclic amines) is 1. The molecule has 2 N–H and O–H groups in total. The van der Waals surface area contributed by atoms with Crippen LogP contribution < -0.4 is 0 Å². The summed E-state index contributed by atoms with van der Waals surface area (Å²) in [5.74, 6) is 0. The van der Waals surface area contributed by atoms with E-state index in [-0.39, 0.29) is 6.23 Å². The van der Waals surface area contributed by atoms with E-state index in [9.17, 15) is 0 Å². The first kappa shape index (κ1) is 7.69. The molecule has 10 heavy (non-hydrogen) atoms. The molecule has 1 heterocycles. The Labute approximate surface area is 61.2 Å². The first-order valence-electron chi connectivity index (χ1n) is 3.68. The van der Waals surface area contributed by atoms with E-state index in [1.807, 2.05) is 4.90 Å². The Morgan fingerprint density at radius 3 is 2.40 bits per heavy atom. The molecule has 58 valence electrons. The topological polar surface area (TPSA) is 47.3 Å². The standard InChI is InChI=1S/C7H14N2O/c1-6(10)9-4-2-7(8)3-5-9/h6,8,10H,2-5H2,1H3. The van der Waals surface area contributed by atoms with Crippen LogP contribution in [0.3, 0.4) is 0 Å². The summed E-state index contributed by atoms with van der Waals surface area (Å²) in [6.45, 7) is 3.46. The van der Waals surface area contributed by atoms with Crippen molar-refractivity contribution in [3.05, 3.63) is 0 Å². The number of aliphatic hydroxyl groups is 1. The lowest BCUT2D eigenvalue weighted by Crippen LogP contribution is -2.39. The summed E-state index contributed by atoms with van der Waals surface area (Å²) in [7, 11) is 0. The Hall–Kier alpha value is -0.410. The van der Waals surface area contributed by atoms with Crippen LogP contribution in [0, 0.1) is 5.41 Å². The van der Waals surface area contributed by atoms with Crippen LogP contribution in [0.4, 0.5) is 0 Å². The van der Waals surface area contributed by atoms with Gasteiger partial charge in [-0.3, -0.25) is 4.90 Å². The van der Waals surface area contributed by atoms with Crippen LogP contribution in [0.15, 0.2) is 0 Å². The molecule has 0 aliphatic carbocycles. The number of hydrogen-bond acceptors (Lipinski definition) is 3. The van der Waals surface area contributed by atoms with Crippen molar-refractivity contribution in [2.24, 2.45) is 0 Å². The van der Waals surface area contributed by atoms with Crippen LogP contribution in [-0.2, 0) is 0 Å². The summed E-state index contributed by atoms with van der Waals surface area (Å²) in [6.07, 6.45) is 1.31. The number of nitrogens with zero attached hydrogens (tertiary/aromatic N) is 1. The maximum atomic E-state index is 9.12. The van der Waals surface area contributed by atoms with Gasteiger partial charge in [0.2, 0.25) is 0 Å². The summed E-state index contributed by atoms with van der Waals surface area (Å²) >= 11 is 0. The summed E-state index contributed by atoms with van der Waals surface area (Å²) < 4.78 is 0. The van der Waals surface area contributed by atoms with Crippen LogP contribution >= 0.6 is 0 Å². The summed E-state index contributed by atoms with van der Waals surface area (Å²) in [4.78, 5) is 1.98. The van der Waals surface area contributed by atoms with Crippen molar-refractivity contribution in [3.8, 4) is 0 Å². The predicted molar refractivity (Wildman–Crippen MR) is 40.2 cm³/mol. The number of rotatable bonds is 1. The molecular weight excluding hydrogens is 128 g/mol. The van der Waals surface area contributed by atoms with E-state index >= 15 is 0 Å². The summed E-state index contributed by atoms with van der Waals surface area (Å²) in [6, 6.07) is 0. The van der Waals surface area contributed by atoms with Gasteiger partial charge in [-0.1, -0.05) is 0 Å². The van der Waals surface area contributed by atoms with Crippen molar-refractivity contribution in [1.29, 1.82) is 5.41 Å². The molecule has 3 nitrogen and oxygen atoms in total. The molecule has 0 spiro atoms. The second kappa shape index (κ2) is 3.12. The molecule has 1 aliphatic heterocycles. The van der Waals surface area contributed by atoms with Crippen LogP contribution in [0.25, 0.3) is 0 Å². The molecule has 0 aromatic heterocycles. The fourth-order valence-electron chi connectivity index (χ4n) is 1.17. The third-order valence-electron chi connectivity index (χ3n) is 1.93. The molecule has 3 heteroatoms. The zero-order chi connectivity index (χ0) is 7.56. The largest absolute Gasteiger partial charge is 0.379 e. The molecule has 0 amide bonds. The van der Waals surface area contributed by atoms with Gasteiger partial charge in [-0.15, -0.1) is 0 Å². The van der Waals surface area contributed by atoms with Gasteiger partial charge in [-0.25, -0.2) is 0 Å². The molecule has 0 bridgehead atoms. The molecule has 0 aromatic carbocycles. The zero-order valence-corrected chi connectivity index (χ0v) is 6.30. The van der Waals surface area contributed by atoms with Gasteiger partial charge in [0, 0.05) is 18.8 Å². The Morgan fingerprint density at radius 1 is 1.50 bits per heavy atom. The highest BCUT2D eigenvalue weighted by Crippen LogP contribution is 2.07. The summed E-state index contributed by atoms with van der Waals surface area (Å²) in [5.41, 5.74) is 0.817. The van der Waals surface area contributed by atoms with E-state index in [1.165, 1.54) is 0 Å². The average molecular weight is 142 g/mol. The molecule has 1 aliphatic rings. The quantitative estimate of drug-likeness (QED) is 0.558. The van der Waals surface area contributed by atoms with Crippen molar-refractivity contribution in [2.75, 3.05) is 13.1 Å². The van der Waals surface area contributed by atoms with Crippen molar-refractivity contribution in [3.63, 3.8) is 0 Å². The minimum Gasteiger partial charge on any atom is -0.379 e. The molecule has 1 fully saturated rings. The molecule has 1 unspecified atom stereocenters. The first-order chi connectivity index (χ1) is 4.70. The fraction of sp³-hybridized carbons (Fsp3) is 0.857. The Bertz CT molecular complexity index is 124. The predicted octanol–water partition coefficient (Wildman–Crippen LogP) is 0.440. The highest BCUT2D eigenvalue weighted by Gasteiger charge is 2.16. The third kappa shape index (κ3) is 1.78. The number of nitrogens with one attached hydrogen (secondary N) is 1. The van der Waals surface area contributed by atoms with Gasteiger partial charge < -0.3 is 10.5 Å². The fourth-order valence-corrected chi connectivity index (χ4v) is 1.17. The van der Waals surface area contributed by atoms with Gasteiger partial charge in [0.25, 0.3) is 0 Å². The maximum Gasteiger partial charge on any atom is 0.104 e. The Balaban J connectivity index is 2.33. The number of aliphatic hydroxyl groups excluding tert-OH is 1. The Morgan fingerprint density at radius 2 is 2.00 bits per heavy atom. The van der Waals surface area contributed by atoms with Crippen molar-refractivity contribution in [1.82, 2.24) is 4.90 Å². The smallest absolute Gasteiger partial charge is 0.104 e. The zero-order valence-electron chi connectivity index (χ0n) is 6.30. The van der Waals surface area contributed by atoms with Gasteiger partial charge >= 0.3 is 0 Å². The van der Waals surface area contributed by atoms with Crippen LogP contribution in [-0.4, -0.2) is 35.0 Å². The highest BCUT2D eigenvalue weighted by molar-refractivity contribution is 5.82. The molecule has 0 saturated carbocycles. The second-order valence-electron chi connectivity index (χ2n) is 2.77. The van der Waals surface area contributed by atoms with Crippen molar-refractivity contribution < 1.29 is 5.11 Å². The minimum atomic E-state index is -0.340. The molecule has 0 aromatic rings. The van der Waals surface area contributed by atoms with Gasteiger partial charge in [-0.05, 0) is 19.8 Å². The van der Waals surface area contributed by atoms with E-state index in [4.69, 9.17) is 10.5 Å². The van der Waals surface area contributed by atoms with Gasteiger partial charge in [0.05, 0.1) is 0 Å². The SMILES string of the molecule is CC(O)N1CCC(=N)CC1. The molecule has 1 rings (SSSR count). The number of piperidine rings is 1. The van der Waals surface area contributed by atoms with Crippen LogP contribution in [0.5, 0.6) is 0 Å². The van der Waals surface area contributed by atoms with Crippen molar-refractivity contribution >= 4 is 5.71 Å². The highest BCUT2D eigenvalue weighted by atomic mass is 16.3. The van der Waals surface area contributed by atoms with E-state index < -0.39 is 0 Å².